The number of carbonyl (C=O) groups excluding carboxylic acids is 1. The molecule has 3 rings (SSSR count). The van der Waals surface area contributed by atoms with E-state index in [0.717, 1.165) is 32.5 Å². The summed E-state index contributed by atoms with van der Waals surface area (Å²) in [6.45, 7) is 7.33. The first-order valence-corrected chi connectivity index (χ1v) is 7.41. The Kier molecular flexibility index (Phi) is 3.33. The lowest BCUT2D eigenvalue weighted by atomic mass is 9.89. The van der Waals surface area contributed by atoms with Gasteiger partial charge in [-0.15, -0.1) is 0 Å². The van der Waals surface area contributed by atoms with Gasteiger partial charge in [-0.3, -0.25) is 4.79 Å². The Morgan fingerprint density at radius 3 is 2.79 bits per heavy atom. The number of nitrogens with zero attached hydrogens (tertiary/aromatic N) is 3. The quantitative estimate of drug-likeness (QED) is 0.775. The predicted octanol–water partition coefficient (Wildman–Crippen LogP) is 1.95. The van der Waals surface area contributed by atoms with E-state index in [4.69, 9.17) is 0 Å². The lowest BCUT2D eigenvalue weighted by Crippen LogP contribution is -2.46. The topological polar surface area (TPSA) is 38.1 Å². The molecule has 0 aromatic carbocycles. The number of likely N-dealkylation sites (tertiary alicyclic amines) is 1. The maximum absolute atomic E-state index is 12.7. The van der Waals surface area contributed by atoms with Crippen LogP contribution in [0.15, 0.2) is 12.5 Å². The first kappa shape index (κ1) is 12.7. The van der Waals surface area contributed by atoms with Gasteiger partial charge in [0.15, 0.2) is 0 Å². The van der Waals surface area contributed by atoms with Crippen LogP contribution in [0.2, 0.25) is 0 Å². The van der Waals surface area contributed by atoms with E-state index in [1.54, 1.807) is 0 Å². The largest absolute Gasteiger partial charge is 0.342 e. The minimum absolute atomic E-state index is 0.168. The minimum atomic E-state index is 0.168. The molecule has 104 valence electrons. The van der Waals surface area contributed by atoms with Gasteiger partial charge in [-0.1, -0.05) is 13.8 Å². The lowest BCUT2D eigenvalue weighted by Gasteiger charge is -2.37. The SMILES string of the molecule is CC1CC(C)CN(C(=O)C2CCn3cncc3C2)C1. The van der Waals surface area contributed by atoms with Gasteiger partial charge in [0, 0.05) is 43.9 Å². The fourth-order valence-corrected chi connectivity index (χ4v) is 3.68. The molecule has 0 radical (unpaired) electrons. The van der Waals surface area contributed by atoms with Crippen molar-refractivity contribution in [2.24, 2.45) is 17.8 Å². The van der Waals surface area contributed by atoms with Crippen LogP contribution in [0.5, 0.6) is 0 Å². The Bertz CT molecular complexity index is 458. The zero-order chi connectivity index (χ0) is 13.4. The van der Waals surface area contributed by atoms with Crippen LogP contribution in [-0.4, -0.2) is 33.4 Å². The monoisotopic (exact) mass is 261 g/mol. The molecular formula is C15H23N3O. The second-order valence-corrected chi connectivity index (χ2v) is 6.46. The summed E-state index contributed by atoms with van der Waals surface area (Å²) in [5.74, 6) is 1.82. The molecule has 3 heterocycles. The summed E-state index contributed by atoms with van der Waals surface area (Å²) >= 11 is 0. The molecule has 3 atom stereocenters. The van der Waals surface area contributed by atoms with Crippen LogP contribution in [0.4, 0.5) is 0 Å². The molecular weight excluding hydrogens is 238 g/mol. The number of amides is 1. The standard InChI is InChI=1S/C15H23N3O/c1-11-5-12(2)9-18(8-11)15(19)13-3-4-17-10-16-7-14(17)6-13/h7,10-13H,3-6,8-9H2,1-2H3. The Labute approximate surface area is 114 Å². The van der Waals surface area contributed by atoms with Gasteiger partial charge in [0.1, 0.15) is 0 Å². The summed E-state index contributed by atoms with van der Waals surface area (Å²) in [7, 11) is 0. The van der Waals surface area contributed by atoms with E-state index in [2.05, 4.69) is 28.3 Å². The summed E-state index contributed by atoms with van der Waals surface area (Å²) in [6, 6.07) is 0. The highest BCUT2D eigenvalue weighted by Crippen LogP contribution is 2.26. The van der Waals surface area contributed by atoms with Crippen LogP contribution < -0.4 is 0 Å². The lowest BCUT2D eigenvalue weighted by molar-refractivity contribution is -0.138. The van der Waals surface area contributed by atoms with Gasteiger partial charge < -0.3 is 9.47 Å². The molecule has 0 saturated carbocycles. The van der Waals surface area contributed by atoms with Crippen molar-refractivity contribution in [3.05, 3.63) is 18.2 Å². The van der Waals surface area contributed by atoms with Gasteiger partial charge in [-0.2, -0.15) is 0 Å². The van der Waals surface area contributed by atoms with Gasteiger partial charge in [0.2, 0.25) is 5.91 Å². The van der Waals surface area contributed by atoms with E-state index in [-0.39, 0.29) is 5.92 Å². The number of aryl methyl sites for hydroxylation is 1. The second kappa shape index (κ2) is 4.99. The number of hydrogen-bond acceptors (Lipinski definition) is 2. The van der Waals surface area contributed by atoms with Crippen LogP contribution in [0.3, 0.4) is 0 Å². The van der Waals surface area contributed by atoms with Crippen molar-refractivity contribution in [2.75, 3.05) is 13.1 Å². The zero-order valence-electron chi connectivity index (χ0n) is 11.9. The summed E-state index contributed by atoms with van der Waals surface area (Å²) in [5.41, 5.74) is 1.21. The van der Waals surface area contributed by atoms with Gasteiger partial charge in [-0.25, -0.2) is 4.98 Å². The fraction of sp³-hybridized carbons (Fsp3) is 0.733. The van der Waals surface area contributed by atoms with Crippen molar-refractivity contribution in [1.82, 2.24) is 14.5 Å². The fourth-order valence-electron chi connectivity index (χ4n) is 3.68. The number of piperidine rings is 1. The molecule has 1 saturated heterocycles. The molecule has 0 bridgehead atoms. The summed E-state index contributed by atoms with van der Waals surface area (Å²) in [5, 5.41) is 0. The van der Waals surface area contributed by atoms with Crippen molar-refractivity contribution in [2.45, 2.75) is 39.7 Å². The molecule has 1 aromatic rings. The van der Waals surface area contributed by atoms with Crippen LogP contribution in [0, 0.1) is 17.8 Å². The molecule has 1 fully saturated rings. The summed E-state index contributed by atoms with van der Waals surface area (Å²) in [4.78, 5) is 19.0. The van der Waals surface area contributed by atoms with Gasteiger partial charge in [0.25, 0.3) is 0 Å². The summed E-state index contributed by atoms with van der Waals surface area (Å²) in [6.07, 6.45) is 6.85. The van der Waals surface area contributed by atoms with E-state index >= 15 is 0 Å². The molecule has 1 amide bonds. The van der Waals surface area contributed by atoms with E-state index in [0.29, 0.717) is 17.7 Å². The van der Waals surface area contributed by atoms with Crippen LogP contribution >= 0.6 is 0 Å². The first-order chi connectivity index (χ1) is 9.13. The molecule has 2 aliphatic heterocycles. The third-order valence-electron chi connectivity index (χ3n) is 4.50. The highest BCUT2D eigenvalue weighted by Gasteiger charge is 2.32. The van der Waals surface area contributed by atoms with Crippen molar-refractivity contribution >= 4 is 5.91 Å². The van der Waals surface area contributed by atoms with Crippen LogP contribution in [0.25, 0.3) is 0 Å². The maximum atomic E-state index is 12.7. The molecule has 19 heavy (non-hydrogen) atoms. The number of carbonyl (C=O) groups is 1. The minimum Gasteiger partial charge on any atom is -0.342 e. The number of fused-ring (bicyclic) bond motifs is 1. The highest BCUT2D eigenvalue weighted by molar-refractivity contribution is 5.79. The smallest absolute Gasteiger partial charge is 0.226 e. The number of aromatic nitrogens is 2. The normalized spacial score (nSPS) is 31.1. The third kappa shape index (κ3) is 2.53. The number of rotatable bonds is 1. The average Bonchev–Trinajstić information content (AvgIpc) is 2.83. The van der Waals surface area contributed by atoms with Gasteiger partial charge >= 0.3 is 0 Å². The van der Waals surface area contributed by atoms with E-state index in [1.165, 1.54) is 12.1 Å². The zero-order valence-corrected chi connectivity index (χ0v) is 11.9. The Hall–Kier alpha value is -1.32. The first-order valence-electron chi connectivity index (χ1n) is 7.41. The molecule has 0 N–H and O–H groups in total. The van der Waals surface area contributed by atoms with Crippen molar-refractivity contribution in [3.8, 4) is 0 Å². The third-order valence-corrected chi connectivity index (χ3v) is 4.50. The van der Waals surface area contributed by atoms with E-state index in [9.17, 15) is 4.79 Å². The molecule has 0 aliphatic carbocycles. The van der Waals surface area contributed by atoms with Crippen LogP contribution in [0.1, 0.15) is 32.4 Å². The maximum Gasteiger partial charge on any atom is 0.226 e. The molecule has 4 nitrogen and oxygen atoms in total. The average molecular weight is 261 g/mol. The Balaban J connectivity index is 1.68. The van der Waals surface area contributed by atoms with E-state index in [1.807, 2.05) is 12.5 Å². The molecule has 4 heteroatoms. The highest BCUT2D eigenvalue weighted by atomic mass is 16.2. The van der Waals surface area contributed by atoms with Crippen LogP contribution in [-0.2, 0) is 17.8 Å². The predicted molar refractivity (Wildman–Crippen MR) is 73.6 cm³/mol. The van der Waals surface area contributed by atoms with Crippen molar-refractivity contribution < 1.29 is 4.79 Å². The van der Waals surface area contributed by atoms with E-state index < -0.39 is 0 Å². The molecule has 3 unspecified atom stereocenters. The number of imidazole rings is 1. The van der Waals surface area contributed by atoms with Crippen molar-refractivity contribution in [3.63, 3.8) is 0 Å². The molecule has 1 aromatic heterocycles. The van der Waals surface area contributed by atoms with Gasteiger partial charge in [-0.05, 0) is 24.7 Å². The molecule has 0 spiro atoms. The van der Waals surface area contributed by atoms with Gasteiger partial charge in [0.05, 0.1) is 6.33 Å². The second-order valence-electron chi connectivity index (χ2n) is 6.46. The van der Waals surface area contributed by atoms with Crippen molar-refractivity contribution in [1.29, 1.82) is 0 Å². The summed E-state index contributed by atoms with van der Waals surface area (Å²) < 4.78 is 2.17. The Morgan fingerprint density at radius 2 is 2.05 bits per heavy atom. The number of hydrogen-bond donors (Lipinski definition) is 0. The molecule has 2 aliphatic rings. The Morgan fingerprint density at radius 1 is 1.32 bits per heavy atom.